The standard InChI is InChI=1S/C18H22N4O2S/c1-4-6-11-25-18-19-17(24)16-13-9-7-8-10-14(13)21(12(3)23)15(5-2)22(16)20-18/h7-10,15H,4-6,11H2,1-3H3. The van der Waals surface area contributed by atoms with E-state index in [1.807, 2.05) is 31.2 Å². The molecule has 1 aromatic heterocycles. The van der Waals surface area contributed by atoms with Crippen molar-refractivity contribution in [2.75, 3.05) is 10.7 Å². The van der Waals surface area contributed by atoms with E-state index in [4.69, 9.17) is 0 Å². The summed E-state index contributed by atoms with van der Waals surface area (Å²) in [6, 6.07) is 7.44. The van der Waals surface area contributed by atoms with E-state index in [1.54, 1.807) is 16.5 Å². The van der Waals surface area contributed by atoms with Crippen LogP contribution in [0.25, 0.3) is 11.3 Å². The van der Waals surface area contributed by atoms with Crippen molar-refractivity contribution in [3.63, 3.8) is 0 Å². The first-order chi connectivity index (χ1) is 12.1. The van der Waals surface area contributed by atoms with Crippen LogP contribution in [0, 0.1) is 0 Å². The minimum Gasteiger partial charge on any atom is -0.854 e. The normalized spacial score (nSPS) is 15.6. The van der Waals surface area contributed by atoms with Crippen LogP contribution >= 0.6 is 11.8 Å². The van der Waals surface area contributed by atoms with Crippen LogP contribution in [0.1, 0.15) is 46.2 Å². The van der Waals surface area contributed by atoms with Gasteiger partial charge in [-0.05, 0) is 18.6 Å². The Labute approximate surface area is 151 Å². The van der Waals surface area contributed by atoms with Crippen molar-refractivity contribution in [3.05, 3.63) is 24.3 Å². The molecule has 1 amide bonds. The number of carbonyl (C=O) groups is 1. The molecule has 0 bridgehead atoms. The first-order valence-corrected chi connectivity index (χ1v) is 9.59. The largest absolute Gasteiger partial charge is 0.854 e. The van der Waals surface area contributed by atoms with Gasteiger partial charge in [-0.25, -0.2) is 4.98 Å². The van der Waals surface area contributed by atoms with Crippen LogP contribution in [0.3, 0.4) is 0 Å². The zero-order valence-electron chi connectivity index (χ0n) is 14.7. The fraction of sp³-hybridized carbons (Fsp3) is 0.444. The molecule has 0 spiro atoms. The van der Waals surface area contributed by atoms with Crippen LogP contribution in [-0.2, 0) is 4.79 Å². The molecule has 3 rings (SSSR count). The lowest BCUT2D eigenvalue weighted by Gasteiger charge is -2.32. The third-order valence-corrected chi connectivity index (χ3v) is 5.18. The minimum atomic E-state index is -0.316. The first-order valence-electron chi connectivity index (χ1n) is 8.61. The second-order valence-corrected chi connectivity index (χ2v) is 7.05. The number of benzene rings is 1. The van der Waals surface area contributed by atoms with Crippen molar-refractivity contribution >= 4 is 23.4 Å². The fourth-order valence-electron chi connectivity index (χ4n) is 3.11. The molecule has 0 saturated heterocycles. The van der Waals surface area contributed by atoms with Crippen LogP contribution in [-0.4, -0.2) is 21.7 Å². The summed E-state index contributed by atoms with van der Waals surface area (Å²) < 4.78 is 1.69. The Morgan fingerprint density at radius 2 is 2.12 bits per heavy atom. The van der Waals surface area contributed by atoms with E-state index in [1.165, 1.54) is 11.8 Å². The zero-order valence-corrected chi connectivity index (χ0v) is 15.5. The van der Waals surface area contributed by atoms with E-state index in [9.17, 15) is 9.90 Å². The monoisotopic (exact) mass is 358 g/mol. The van der Waals surface area contributed by atoms with Crippen LogP contribution < -0.4 is 14.7 Å². The smallest absolute Gasteiger partial charge is 0.266 e. The molecule has 0 N–H and O–H groups in total. The van der Waals surface area contributed by atoms with Gasteiger partial charge in [0.05, 0.1) is 17.1 Å². The van der Waals surface area contributed by atoms with E-state index < -0.39 is 0 Å². The lowest BCUT2D eigenvalue weighted by molar-refractivity contribution is -0.772. The lowest BCUT2D eigenvalue weighted by Crippen LogP contribution is -2.58. The van der Waals surface area contributed by atoms with E-state index >= 15 is 0 Å². The van der Waals surface area contributed by atoms with E-state index in [0.29, 0.717) is 22.8 Å². The average Bonchev–Trinajstić information content (AvgIpc) is 2.60. The van der Waals surface area contributed by atoms with Crippen LogP contribution in [0.15, 0.2) is 29.4 Å². The zero-order chi connectivity index (χ0) is 18.0. The van der Waals surface area contributed by atoms with Gasteiger partial charge in [-0.3, -0.25) is 9.69 Å². The third kappa shape index (κ3) is 3.20. The number of hydrogen-bond acceptors (Lipinski definition) is 5. The van der Waals surface area contributed by atoms with E-state index in [-0.39, 0.29) is 18.0 Å². The molecule has 0 saturated carbocycles. The minimum absolute atomic E-state index is 0.0660. The summed E-state index contributed by atoms with van der Waals surface area (Å²) >= 11 is 1.49. The molecule has 132 valence electrons. The number of amides is 1. The second-order valence-electron chi connectivity index (χ2n) is 5.99. The van der Waals surface area contributed by atoms with Crippen molar-refractivity contribution in [1.29, 1.82) is 0 Å². The highest BCUT2D eigenvalue weighted by molar-refractivity contribution is 7.99. The number of rotatable bonds is 5. The Kier molecular flexibility index (Phi) is 5.22. The number of anilines is 1. The van der Waals surface area contributed by atoms with Gasteiger partial charge in [0.1, 0.15) is 0 Å². The Bertz CT molecular complexity index is 797. The number of nitrogens with zero attached hydrogens (tertiary/aromatic N) is 4. The van der Waals surface area contributed by atoms with Gasteiger partial charge in [0.2, 0.25) is 5.91 Å². The Morgan fingerprint density at radius 1 is 1.36 bits per heavy atom. The molecule has 1 unspecified atom stereocenters. The van der Waals surface area contributed by atoms with Crippen molar-refractivity contribution in [3.8, 4) is 17.1 Å². The van der Waals surface area contributed by atoms with E-state index in [2.05, 4.69) is 17.0 Å². The summed E-state index contributed by atoms with van der Waals surface area (Å²) in [5, 5.41) is 17.8. The van der Waals surface area contributed by atoms with Crippen molar-refractivity contribution < 1.29 is 14.6 Å². The third-order valence-electron chi connectivity index (χ3n) is 4.25. The Balaban J connectivity index is 2.15. The molecule has 0 fully saturated rings. The summed E-state index contributed by atoms with van der Waals surface area (Å²) in [6.07, 6.45) is 2.46. The molecule has 2 heterocycles. The lowest BCUT2D eigenvalue weighted by atomic mass is 10.0. The molecule has 1 aliphatic heterocycles. The summed E-state index contributed by atoms with van der Waals surface area (Å²) in [6.45, 7) is 5.65. The number of fused-ring (bicyclic) bond motifs is 3. The number of unbranched alkanes of at least 4 members (excludes halogenated alkanes) is 1. The predicted octanol–water partition coefficient (Wildman–Crippen LogP) is 2.67. The van der Waals surface area contributed by atoms with Crippen LogP contribution in [0.4, 0.5) is 5.69 Å². The number of hydrogen-bond donors (Lipinski definition) is 0. The molecule has 25 heavy (non-hydrogen) atoms. The molecule has 2 aromatic rings. The quantitative estimate of drug-likeness (QED) is 0.467. The Hall–Kier alpha value is -2.15. The molecular formula is C18H22N4O2S. The molecular weight excluding hydrogens is 336 g/mol. The van der Waals surface area contributed by atoms with Crippen LogP contribution in [0.5, 0.6) is 5.88 Å². The number of aromatic nitrogens is 3. The average molecular weight is 358 g/mol. The Morgan fingerprint density at radius 3 is 2.80 bits per heavy atom. The van der Waals surface area contributed by atoms with Crippen molar-refractivity contribution in [1.82, 2.24) is 10.1 Å². The molecule has 1 atom stereocenters. The summed E-state index contributed by atoms with van der Waals surface area (Å²) in [4.78, 5) is 18.2. The molecule has 7 heteroatoms. The number of carbonyl (C=O) groups excluding carboxylic acids is 1. The molecule has 0 radical (unpaired) electrons. The molecule has 1 aromatic carbocycles. The molecule has 6 nitrogen and oxygen atoms in total. The van der Waals surface area contributed by atoms with Crippen LogP contribution in [0.2, 0.25) is 0 Å². The molecule has 1 aliphatic rings. The van der Waals surface area contributed by atoms with Gasteiger partial charge in [0.25, 0.3) is 17.0 Å². The summed E-state index contributed by atoms with van der Waals surface area (Å²) in [5.41, 5.74) is 1.91. The van der Waals surface area contributed by atoms with Crippen molar-refractivity contribution in [2.24, 2.45) is 0 Å². The highest BCUT2D eigenvalue weighted by Crippen LogP contribution is 2.39. The number of para-hydroxylation sites is 1. The number of thioether (sulfide) groups is 1. The summed E-state index contributed by atoms with van der Waals surface area (Å²) in [5.74, 6) is 0.519. The van der Waals surface area contributed by atoms with Crippen molar-refractivity contribution in [2.45, 2.75) is 51.4 Å². The predicted molar refractivity (Wildman–Crippen MR) is 95.2 cm³/mol. The first kappa shape index (κ1) is 17.7. The van der Waals surface area contributed by atoms with Gasteiger partial charge >= 0.3 is 0 Å². The van der Waals surface area contributed by atoms with Gasteiger partial charge in [-0.1, -0.05) is 48.8 Å². The SMILES string of the molecule is CCCCSc1nc([O-])c2[n+](n1)C(CC)N(C(C)=O)c1ccccc1-2. The topological polar surface area (TPSA) is 73.0 Å². The fourth-order valence-corrected chi connectivity index (χ4v) is 4.02. The molecule has 0 aliphatic carbocycles. The van der Waals surface area contributed by atoms with Gasteiger partial charge in [0.15, 0.2) is 0 Å². The maximum absolute atomic E-state index is 12.7. The van der Waals surface area contributed by atoms with E-state index in [0.717, 1.165) is 24.3 Å². The van der Waals surface area contributed by atoms with Gasteiger partial charge in [0, 0.05) is 24.2 Å². The highest BCUT2D eigenvalue weighted by atomic mass is 32.2. The maximum Gasteiger partial charge on any atom is 0.266 e. The highest BCUT2D eigenvalue weighted by Gasteiger charge is 2.41. The van der Waals surface area contributed by atoms with Gasteiger partial charge in [-0.2, -0.15) is 0 Å². The summed E-state index contributed by atoms with van der Waals surface area (Å²) in [7, 11) is 0. The maximum atomic E-state index is 12.7. The van der Waals surface area contributed by atoms with Gasteiger partial charge in [-0.15, -0.1) is 0 Å². The van der Waals surface area contributed by atoms with Gasteiger partial charge < -0.3 is 5.11 Å². The second kappa shape index (κ2) is 7.39.